The van der Waals surface area contributed by atoms with Gasteiger partial charge >= 0.3 is 0 Å². The minimum atomic E-state index is 0.792. The SMILES string of the molecule is CCCCCCCC/C=C/c1c(C)nc(CCCOC)c(/C=C/CCCCCCCC)c1C. The van der Waals surface area contributed by atoms with E-state index in [0.717, 1.165) is 25.1 Å². The van der Waals surface area contributed by atoms with Crippen molar-refractivity contribution in [2.24, 2.45) is 0 Å². The Morgan fingerprint density at radius 1 is 0.667 bits per heavy atom. The molecule has 0 bridgehead atoms. The van der Waals surface area contributed by atoms with Gasteiger partial charge in [-0.05, 0) is 69.1 Å². The topological polar surface area (TPSA) is 22.1 Å². The average Bonchev–Trinajstić information content (AvgIpc) is 2.81. The smallest absolute Gasteiger partial charge is 0.0482 e. The summed E-state index contributed by atoms with van der Waals surface area (Å²) in [6.07, 6.45) is 30.0. The van der Waals surface area contributed by atoms with Crippen LogP contribution in [0.2, 0.25) is 0 Å². The van der Waals surface area contributed by atoms with E-state index < -0.39 is 0 Å². The fraction of sp³-hybridized carbons (Fsp3) is 0.710. The highest BCUT2D eigenvalue weighted by Crippen LogP contribution is 2.25. The standard InChI is InChI=1S/C31H53NO/c1-6-8-10-12-14-16-18-20-23-29-27(3)30(24-21-19-17-15-13-11-9-7-2)31(32-28(29)4)25-22-26-33-5/h20-21,23-24H,6-19,22,25-26H2,1-5H3/b23-20+,24-21+. The van der Waals surface area contributed by atoms with Gasteiger partial charge in [-0.25, -0.2) is 0 Å². The van der Waals surface area contributed by atoms with Gasteiger partial charge in [0.05, 0.1) is 0 Å². The van der Waals surface area contributed by atoms with Crippen LogP contribution in [0, 0.1) is 13.8 Å². The van der Waals surface area contributed by atoms with E-state index in [0.29, 0.717) is 0 Å². The molecular formula is C31H53NO. The molecular weight excluding hydrogens is 402 g/mol. The largest absolute Gasteiger partial charge is 0.385 e. The van der Waals surface area contributed by atoms with Crippen LogP contribution in [-0.2, 0) is 11.2 Å². The minimum Gasteiger partial charge on any atom is -0.385 e. The van der Waals surface area contributed by atoms with Gasteiger partial charge in [0.15, 0.2) is 0 Å². The molecule has 1 aromatic heterocycles. The number of hydrogen-bond acceptors (Lipinski definition) is 2. The van der Waals surface area contributed by atoms with Crippen molar-refractivity contribution in [3.63, 3.8) is 0 Å². The molecule has 1 rings (SSSR count). The molecule has 0 spiro atoms. The second kappa shape index (κ2) is 20.0. The fourth-order valence-electron chi connectivity index (χ4n) is 4.48. The number of unbranched alkanes of at least 4 members (excludes halogenated alkanes) is 12. The lowest BCUT2D eigenvalue weighted by atomic mass is 9.96. The Kier molecular flexibility index (Phi) is 18.0. The Hall–Kier alpha value is -1.41. The number of aryl methyl sites for hydroxylation is 2. The van der Waals surface area contributed by atoms with Gasteiger partial charge in [0, 0.05) is 25.1 Å². The third kappa shape index (κ3) is 13.2. The zero-order valence-corrected chi connectivity index (χ0v) is 22.7. The van der Waals surface area contributed by atoms with Crippen molar-refractivity contribution in [3.8, 4) is 0 Å². The third-order valence-corrected chi connectivity index (χ3v) is 6.59. The maximum Gasteiger partial charge on any atom is 0.0482 e. The van der Waals surface area contributed by atoms with Gasteiger partial charge in [0.1, 0.15) is 0 Å². The van der Waals surface area contributed by atoms with Crippen molar-refractivity contribution in [1.82, 2.24) is 4.98 Å². The summed E-state index contributed by atoms with van der Waals surface area (Å²) < 4.78 is 5.29. The monoisotopic (exact) mass is 455 g/mol. The molecule has 0 saturated carbocycles. The summed E-state index contributed by atoms with van der Waals surface area (Å²) >= 11 is 0. The highest BCUT2D eigenvalue weighted by Gasteiger charge is 2.11. The molecule has 0 aliphatic rings. The summed E-state index contributed by atoms with van der Waals surface area (Å²) in [7, 11) is 1.78. The van der Waals surface area contributed by atoms with Crippen molar-refractivity contribution < 1.29 is 4.74 Å². The summed E-state index contributed by atoms with van der Waals surface area (Å²) in [5.41, 5.74) is 6.42. The zero-order valence-electron chi connectivity index (χ0n) is 22.7. The van der Waals surface area contributed by atoms with Gasteiger partial charge in [-0.1, -0.05) is 102 Å². The van der Waals surface area contributed by atoms with E-state index in [-0.39, 0.29) is 0 Å². The Balaban J connectivity index is 2.77. The van der Waals surface area contributed by atoms with Crippen LogP contribution in [0.15, 0.2) is 12.2 Å². The van der Waals surface area contributed by atoms with E-state index in [1.165, 1.54) is 112 Å². The summed E-state index contributed by atoms with van der Waals surface area (Å²) in [6.45, 7) is 9.80. The Bertz CT molecular complexity index is 674. The lowest BCUT2D eigenvalue weighted by molar-refractivity contribution is 0.195. The number of allylic oxidation sites excluding steroid dienone is 2. The molecule has 2 heteroatoms. The molecule has 33 heavy (non-hydrogen) atoms. The molecule has 0 unspecified atom stereocenters. The summed E-state index contributed by atoms with van der Waals surface area (Å²) in [5, 5.41) is 0. The first-order chi connectivity index (χ1) is 16.2. The van der Waals surface area contributed by atoms with Gasteiger partial charge in [-0.15, -0.1) is 0 Å². The van der Waals surface area contributed by atoms with Gasteiger partial charge < -0.3 is 4.74 Å². The fourth-order valence-corrected chi connectivity index (χ4v) is 4.48. The van der Waals surface area contributed by atoms with Crippen LogP contribution in [0.5, 0.6) is 0 Å². The van der Waals surface area contributed by atoms with Crippen LogP contribution < -0.4 is 0 Å². The van der Waals surface area contributed by atoms with E-state index in [4.69, 9.17) is 9.72 Å². The van der Waals surface area contributed by atoms with Crippen LogP contribution in [-0.4, -0.2) is 18.7 Å². The van der Waals surface area contributed by atoms with E-state index in [1.807, 2.05) is 0 Å². The van der Waals surface area contributed by atoms with E-state index >= 15 is 0 Å². The van der Waals surface area contributed by atoms with Crippen LogP contribution in [0.1, 0.15) is 138 Å². The Labute approximate surface area is 206 Å². The molecule has 0 radical (unpaired) electrons. The molecule has 0 aliphatic heterocycles. The first kappa shape index (κ1) is 29.6. The highest BCUT2D eigenvalue weighted by atomic mass is 16.5. The lowest BCUT2D eigenvalue weighted by Crippen LogP contribution is -2.04. The van der Waals surface area contributed by atoms with Crippen molar-refractivity contribution in [1.29, 1.82) is 0 Å². The van der Waals surface area contributed by atoms with Crippen LogP contribution >= 0.6 is 0 Å². The van der Waals surface area contributed by atoms with Crippen LogP contribution in [0.3, 0.4) is 0 Å². The Morgan fingerprint density at radius 3 is 1.73 bits per heavy atom. The molecule has 0 fully saturated rings. The summed E-state index contributed by atoms with van der Waals surface area (Å²) in [4.78, 5) is 5.05. The molecule has 0 N–H and O–H groups in total. The number of rotatable bonds is 20. The van der Waals surface area contributed by atoms with E-state index in [2.05, 4.69) is 52.0 Å². The van der Waals surface area contributed by atoms with Crippen molar-refractivity contribution >= 4 is 12.2 Å². The van der Waals surface area contributed by atoms with Gasteiger partial charge in [-0.3, -0.25) is 4.98 Å². The number of aromatic nitrogens is 1. The molecule has 2 nitrogen and oxygen atoms in total. The molecule has 0 aromatic carbocycles. The molecule has 0 aliphatic carbocycles. The van der Waals surface area contributed by atoms with Gasteiger partial charge in [-0.2, -0.15) is 0 Å². The maximum absolute atomic E-state index is 5.29. The Morgan fingerprint density at radius 2 is 1.18 bits per heavy atom. The predicted molar refractivity (Wildman–Crippen MR) is 148 cm³/mol. The number of ether oxygens (including phenoxy) is 1. The summed E-state index contributed by atoms with van der Waals surface area (Å²) in [5.74, 6) is 0. The molecule has 0 atom stereocenters. The number of nitrogens with zero attached hydrogens (tertiary/aromatic N) is 1. The van der Waals surface area contributed by atoms with Crippen LogP contribution in [0.25, 0.3) is 12.2 Å². The number of hydrogen-bond donors (Lipinski definition) is 0. The first-order valence-electron chi connectivity index (χ1n) is 14.0. The summed E-state index contributed by atoms with van der Waals surface area (Å²) in [6, 6.07) is 0. The molecule has 0 saturated heterocycles. The highest BCUT2D eigenvalue weighted by molar-refractivity contribution is 5.66. The molecule has 1 aromatic rings. The molecule has 1 heterocycles. The lowest BCUT2D eigenvalue weighted by Gasteiger charge is -2.14. The number of pyridine rings is 1. The third-order valence-electron chi connectivity index (χ3n) is 6.59. The van der Waals surface area contributed by atoms with Gasteiger partial charge in [0.2, 0.25) is 0 Å². The van der Waals surface area contributed by atoms with Crippen molar-refractivity contribution in [2.75, 3.05) is 13.7 Å². The minimum absolute atomic E-state index is 0.792. The second-order valence-electron chi connectivity index (χ2n) is 9.61. The first-order valence-corrected chi connectivity index (χ1v) is 14.0. The van der Waals surface area contributed by atoms with E-state index in [1.54, 1.807) is 7.11 Å². The molecule has 188 valence electrons. The van der Waals surface area contributed by atoms with Crippen molar-refractivity contribution in [3.05, 3.63) is 40.2 Å². The quantitative estimate of drug-likeness (QED) is 0.182. The second-order valence-corrected chi connectivity index (χ2v) is 9.61. The van der Waals surface area contributed by atoms with E-state index in [9.17, 15) is 0 Å². The van der Waals surface area contributed by atoms with Gasteiger partial charge in [0.25, 0.3) is 0 Å². The predicted octanol–water partition coefficient (Wildman–Crippen LogP) is 9.81. The van der Waals surface area contributed by atoms with Crippen molar-refractivity contribution in [2.45, 2.75) is 130 Å². The van der Waals surface area contributed by atoms with Crippen LogP contribution in [0.4, 0.5) is 0 Å². The average molecular weight is 456 g/mol. The normalized spacial score (nSPS) is 11.9. The maximum atomic E-state index is 5.29. The molecule has 0 amide bonds. The zero-order chi connectivity index (χ0) is 24.2. The number of methoxy groups -OCH3 is 1.